The molecule has 0 N–H and O–H groups in total. The molecule has 186 valence electrons. The fourth-order valence-electron chi connectivity index (χ4n) is 6.41. The molecule has 1 saturated heterocycles. The van der Waals surface area contributed by atoms with Crippen molar-refractivity contribution in [1.29, 1.82) is 5.26 Å². The number of hydrogen-bond acceptors (Lipinski definition) is 6. The van der Waals surface area contributed by atoms with Gasteiger partial charge in [-0.15, -0.1) is 0 Å². The highest BCUT2D eigenvalue weighted by molar-refractivity contribution is 7.89. The Morgan fingerprint density at radius 2 is 1.83 bits per heavy atom. The van der Waals surface area contributed by atoms with Crippen molar-refractivity contribution in [2.75, 3.05) is 31.9 Å². The predicted molar refractivity (Wildman–Crippen MR) is 132 cm³/mol. The summed E-state index contributed by atoms with van der Waals surface area (Å²) >= 11 is 0. The summed E-state index contributed by atoms with van der Waals surface area (Å²) in [5.74, 6) is 0.423. The van der Waals surface area contributed by atoms with E-state index in [9.17, 15) is 13.2 Å². The first kappa shape index (κ1) is 24.2. The molecular weight excluding hydrogens is 462 g/mol. The Hall–Kier alpha value is -2.54. The average Bonchev–Trinajstić information content (AvgIpc) is 3.42. The Labute approximate surface area is 207 Å². The molecule has 2 saturated carbocycles. The molecule has 2 atom stereocenters. The lowest BCUT2D eigenvalue weighted by atomic mass is 9.70. The zero-order chi connectivity index (χ0) is 24.8. The maximum Gasteiger partial charge on any atom is 0.215 e. The van der Waals surface area contributed by atoms with Crippen LogP contribution in [0, 0.1) is 28.1 Å². The van der Waals surface area contributed by atoms with Crippen LogP contribution in [0.15, 0.2) is 36.8 Å². The highest BCUT2D eigenvalue weighted by Crippen LogP contribution is 2.64. The Kier molecular flexibility index (Phi) is 6.10. The van der Waals surface area contributed by atoms with Crippen LogP contribution >= 0.6 is 0 Å². The van der Waals surface area contributed by atoms with E-state index in [-0.39, 0.29) is 17.0 Å². The first-order valence-electron chi connectivity index (χ1n) is 12.4. The number of rotatable bonds is 7. The van der Waals surface area contributed by atoms with Crippen LogP contribution in [0.5, 0.6) is 0 Å². The minimum absolute atomic E-state index is 0.0420. The van der Waals surface area contributed by atoms with E-state index >= 15 is 0 Å². The van der Waals surface area contributed by atoms with Crippen LogP contribution < -0.4 is 0 Å². The lowest BCUT2D eigenvalue weighted by molar-refractivity contribution is -0.128. The molecule has 0 amide bonds. The molecule has 5 rings (SSSR count). The molecule has 2 aromatic rings. The highest BCUT2D eigenvalue weighted by atomic mass is 32.2. The summed E-state index contributed by atoms with van der Waals surface area (Å²) in [6.07, 6.45) is 5.86. The number of fused-ring (bicyclic) bond motifs is 2. The van der Waals surface area contributed by atoms with Gasteiger partial charge in [-0.05, 0) is 41.9 Å². The maximum atomic E-state index is 13.4. The SMILES string of the molecule is CC1(C)C2CCC1(CS(=O)(=O)N1CCN(Cc3cncn3Cc3ccc(C#N)cc3)CC1)C(=O)C2. The maximum absolute atomic E-state index is 13.4. The van der Waals surface area contributed by atoms with E-state index < -0.39 is 15.4 Å². The largest absolute Gasteiger partial charge is 0.329 e. The molecule has 0 spiro atoms. The fraction of sp³-hybridized carbons (Fsp3) is 0.577. The van der Waals surface area contributed by atoms with Crippen LogP contribution in [-0.2, 0) is 27.9 Å². The summed E-state index contributed by atoms with van der Waals surface area (Å²) in [6, 6.07) is 9.68. The van der Waals surface area contributed by atoms with Gasteiger partial charge in [0.2, 0.25) is 10.0 Å². The van der Waals surface area contributed by atoms with Crippen molar-refractivity contribution >= 4 is 15.8 Å². The van der Waals surface area contributed by atoms with Crippen molar-refractivity contribution in [2.24, 2.45) is 16.7 Å². The van der Waals surface area contributed by atoms with Gasteiger partial charge in [0, 0.05) is 57.3 Å². The molecule has 1 aliphatic heterocycles. The van der Waals surface area contributed by atoms with Crippen LogP contribution in [0.3, 0.4) is 0 Å². The number of nitriles is 1. The summed E-state index contributed by atoms with van der Waals surface area (Å²) in [6.45, 7) is 7.72. The lowest BCUT2D eigenvalue weighted by Crippen LogP contribution is -2.52. The van der Waals surface area contributed by atoms with E-state index in [2.05, 4.69) is 34.4 Å². The first-order chi connectivity index (χ1) is 16.6. The summed E-state index contributed by atoms with van der Waals surface area (Å²) < 4.78 is 30.5. The Morgan fingerprint density at radius 3 is 2.43 bits per heavy atom. The second-order valence-corrected chi connectivity index (χ2v) is 12.9. The normalized spacial score (nSPS) is 26.8. The summed E-state index contributed by atoms with van der Waals surface area (Å²) in [7, 11) is -3.51. The molecule has 3 fully saturated rings. The van der Waals surface area contributed by atoms with Crippen LogP contribution in [0.25, 0.3) is 0 Å². The first-order valence-corrected chi connectivity index (χ1v) is 14.0. The number of piperazine rings is 1. The van der Waals surface area contributed by atoms with Crippen LogP contribution in [0.2, 0.25) is 0 Å². The summed E-state index contributed by atoms with van der Waals surface area (Å²) in [4.78, 5) is 19.4. The molecule has 2 bridgehead atoms. The monoisotopic (exact) mass is 495 g/mol. The smallest absolute Gasteiger partial charge is 0.215 e. The van der Waals surface area contributed by atoms with Gasteiger partial charge in [-0.2, -0.15) is 9.57 Å². The van der Waals surface area contributed by atoms with E-state index in [1.54, 1.807) is 4.31 Å². The van der Waals surface area contributed by atoms with Gasteiger partial charge < -0.3 is 4.57 Å². The molecule has 2 aliphatic carbocycles. The van der Waals surface area contributed by atoms with Crippen molar-refractivity contribution in [3.8, 4) is 6.07 Å². The van der Waals surface area contributed by atoms with Crippen LogP contribution in [0.1, 0.15) is 49.9 Å². The number of benzene rings is 1. The Balaban J connectivity index is 1.20. The molecular formula is C26H33N5O3S. The molecule has 0 radical (unpaired) electrons. The Bertz CT molecular complexity index is 1250. The topological polar surface area (TPSA) is 99.3 Å². The molecule has 1 aromatic heterocycles. The molecule has 2 unspecified atom stereocenters. The number of hydrogen-bond donors (Lipinski definition) is 0. The van der Waals surface area contributed by atoms with Gasteiger partial charge in [-0.1, -0.05) is 26.0 Å². The lowest BCUT2D eigenvalue weighted by Gasteiger charge is -2.39. The minimum Gasteiger partial charge on any atom is -0.329 e. The quantitative estimate of drug-likeness (QED) is 0.586. The molecule has 2 heterocycles. The van der Waals surface area contributed by atoms with Crippen LogP contribution in [-0.4, -0.2) is 64.9 Å². The minimum atomic E-state index is -3.51. The molecule has 9 heteroatoms. The van der Waals surface area contributed by atoms with Gasteiger partial charge in [0.1, 0.15) is 5.78 Å². The predicted octanol–water partition coefficient (Wildman–Crippen LogP) is 2.65. The third-order valence-electron chi connectivity index (χ3n) is 8.91. The molecule has 1 aromatic carbocycles. The second-order valence-electron chi connectivity index (χ2n) is 10.9. The number of imidazole rings is 1. The number of nitrogens with zero attached hydrogens (tertiary/aromatic N) is 5. The third-order valence-corrected chi connectivity index (χ3v) is 10.9. The zero-order valence-electron chi connectivity index (χ0n) is 20.5. The molecule has 3 aliphatic rings. The number of aromatic nitrogens is 2. The van der Waals surface area contributed by atoms with Gasteiger partial charge in [-0.25, -0.2) is 13.4 Å². The van der Waals surface area contributed by atoms with E-state index in [1.165, 1.54) is 0 Å². The van der Waals surface area contributed by atoms with Crippen molar-refractivity contribution < 1.29 is 13.2 Å². The number of ketones is 1. The van der Waals surface area contributed by atoms with E-state index in [0.717, 1.165) is 17.7 Å². The number of sulfonamides is 1. The summed E-state index contributed by atoms with van der Waals surface area (Å²) in [5.41, 5.74) is 1.84. The van der Waals surface area contributed by atoms with Crippen molar-refractivity contribution in [1.82, 2.24) is 18.8 Å². The average molecular weight is 496 g/mol. The molecule has 8 nitrogen and oxygen atoms in total. The zero-order valence-corrected chi connectivity index (χ0v) is 21.3. The van der Waals surface area contributed by atoms with Gasteiger partial charge >= 0.3 is 0 Å². The third kappa shape index (κ3) is 4.22. The van der Waals surface area contributed by atoms with Gasteiger partial charge in [0.25, 0.3) is 0 Å². The van der Waals surface area contributed by atoms with Gasteiger partial charge in [0.15, 0.2) is 0 Å². The highest BCUT2D eigenvalue weighted by Gasteiger charge is 2.65. The number of Topliss-reactive ketones (excluding diaryl/α,β-unsaturated/α-hetero) is 1. The fourth-order valence-corrected chi connectivity index (χ4v) is 8.61. The van der Waals surface area contributed by atoms with E-state index in [1.807, 2.05) is 36.8 Å². The van der Waals surface area contributed by atoms with E-state index in [0.29, 0.717) is 63.6 Å². The van der Waals surface area contributed by atoms with Gasteiger partial charge in [0.05, 0.1) is 29.4 Å². The second kappa shape index (κ2) is 8.84. The van der Waals surface area contributed by atoms with E-state index in [4.69, 9.17) is 5.26 Å². The van der Waals surface area contributed by atoms with Gasteiger partial charge in [-0.3, -0.25) is 9.69 Å². The molecule has 35 heavy (non-hydrogen) atoms. The van der Waals surface area contributed by atoms with Crippen LogP contribution in [0.4, 0.5) is 0 Å². The Morgan fingerprint density at radius 1 is 1.11 bits per heavy atom. The van der Waals surface area contributed by atoms with Crippen molar-refractivity contribution in [2.45, 2.75) is 46.2 Å². The van der Waals surface area contributed by atoms with Crippen molar-refractivity contribution in [3.63, 3.8) is 0 Å². The standard InChI is InChI=1S/C26H33N5O3S/c1-25(2)22-7-8-26(25,24(32)13-22)18-35(33,34)31-11-9-29(10-12-31)17-23-15-28-19-30(23)16-21-5-3-20(14-27)4-6-21/h3-6,15,19,22H,7-13,16-18H2,1-2H3. The number of carbonyl (C=O) groups is 1. The number of carbonyl (C=O) groups excluding carboxylic acids is 1. The van der Waals surface area contributed by atoms with Crippen molar-refractivity contribution in [3.05, 3.63) is 53.6 Å². The summed E-state index contributed by atoms with van der Waals surface area (Å²) in [5, 5.41) is 8.99.